The minimum absolute atomic E-state index is 0.223. The van der Waals surface area contributed by atoms with Gasteiger partial charge in [-0.1, -0.05) is 18.2 Å². The first-order valence-electron chi connectivity index (χ1n) is 5.04. The van der Waals surface area contributed by atoms with Crippen LogP contribution in [0.3, 0.4) is 0 Å². The minimum atomic E-state index is -0.223. The lowest BCUT2D eigenvalue weighted by Crippen LogP contribution is -1.96. The number of aryl methyl sites for hydroxylation is 1. The summed E-state index contributed by atoms with van der Waals surface area (Å²) in [4.78, 5) is 0. The Labute approximate surface area is 93.9 Å². The summed E-state index contributed by atoms with van der Waals surface area (Å²) in [5.41, 5.74) is 8.53. The van der Waals surface area contributed by atoms with Crippen LogP contribution in [0.15, 0.2) is 42.5 Å². The number of nitrogens with one attached hydrogen (secondary N) is 1. The summed E-state index contributed by atoms with van der Waals surface area (Å²) in [6.07, 6.45) is 0. The molecule has 3 heteroatoms. The Morgan fingerprint density at radius 2 is 1.88 bits per heavy atom. The van der Waals surface area contributed by atoms with E-state index in [1.807, 2.05) is 24.3 Å². The van der Waals surface area contributed by atoms with Crippen molar-refractivity contribution >= 4 is 17.1 Å². The van der Waals surface area contributed by atoms with Gasteiger partial charge in [0.1, 0.15) is 5.82 Å². The second-order valence-electron chi connectivity index (χ2n) is 3.68. The van der Waals surface area contributed by atoms with E-state index >= 15 is 0 Å². The molecular weight excluding hydrogens is 203 g/mol. The van der Waals surface area contributed by atoms with E-state index in [1.165, 1.54) is 6.07 Å². The van der Waals surface area contributed by atoms with E-state index in [4.69, 9.17) is 5.73 Å². The maximum Gasteiger partial charge on any atom is 0.128 e. The van der Waals surface area contributed by atoms with Crippen LogP contribution in [0.25, 0.3) is 0 Å². The molecule has 3 N–H and O–H groups in total. The second-order valence-corrected chi connectivity index (χ2v) is 3.68. The van der Waals surface area contributed by atoms with Crippen molar-refractivity contribution in [2.75, 3.05) is 11.1 Å². The van der Waals surface area contributed by atoms with Gasteiger partial charge in [-0.15, -0.1) is 0 Å². The monoisotopic (exact) mass is 216 g/mol. The van der Waals surface area contributed by atoms with E-state index in [-0.39, 0.29) is 5.82 Å². The number of hydrogen-bond donors (Lipinski definition) is 2. The van der Waals surface area contributed by atoms with Crippen molar-refractivity contribution < 1.29 is 4.39 Å². The zero-order valence-electron chi connectivity index (χ0n) is 9.00. The maximum absolute atomic E-state index is 13.3. The van der Waals surface area contributed by atoms with Gasteiger partial charge >= 0.3 is 0 Å². The molecule has 0 radical (unpaired) electrons. The van der Waals surface area contributed by atoms with Crippen LogP contribution in [-0.2, 0) is 0 Å². The molecule has 0 aliphatic carbocycles. The number of nitrogen functional groups attached to an aromatic ring is 1. The SMILES string of the molecule is Cc1ccc(Nc2ccccc2N)cc1F. The van der Waals surface area contributed by atoms with Crippen molar-refractivity contribution in [3.05, 3.63) is 53.8 Å². The fraction of sp³-hybridized carbons (Fsp3) is 0.0769. The van der Waals surface area contributed by atoms with Crippen molar-refractivity contribution in [3.63, 3.8) is 0 Å². The number of anilines is 3. The van der Waals surface area contributed by atoms with Gasteiger partial charge < -0.3 is 11.1 Å². The number of nitrogens with two attached hydrogens (primary N) is 1. The average molecular weight is 216 g/mol. The topological polar surface area (TPSA) is 38.0 Å². The zero-order chi connectivity index (χ0) is 11.5. The van der Waals surface area contributed by atoms with Crippen LogP contribution in [0.2, 0.25) is 0 Å². The maximum atomic E-state index is 13.3. The van der Waals surface area contributed by atoms with Gasteiger partial charge in [-0.05, 0) is 36.8 Å². The van der Waals surface area contributed by atoms with Crippen molar-refractivity contribution in [1.29, 1.82) is 0 Å². The quantitative estimate of drug-likeness (QED) is 0.754. The van der Waals surface area contributed by atoms with Gasteiger partial charge in [0.2, 0.25) is 0 Å². The standard InChI is InChI=1S/C13H13FN2/c1-9-6-7-10(8-11(9)14)16-13-5-3-2-4-12(13)15/h2-8,16H,15H2,1H3. The normalized spacial score (nSPS) is 10.1. The summed E-state index contributed by atoms with van der Waals surface area (Å²) in [6, 6.07) is 12.4. The zero-order valence-corrected chi connectivity index (χ0v) is 9.00. The number of benzene rings is 2. The molecule has 0 bridgehead atoms. The molecule has 0 atom stereocenters. The molecule has 0 unspecified atom stereocenters. The van der Waals surface area contributed by atoms with E-state index in [2.05, 4.69) is 5.32 Å². The summed E-state index contributed by atoms with van der Waals surface area (Å²) in [5, 5.41) is 3.08. The van der Waals surface area contributed by atoms with E-state index in [0.29, 0.717) is 16.9 Å². The van der Waals surface area contributed by atoms with Gasteiger partial charge in [0.25, 0.3) is 0 Å². The molecule has 2 rings (SSSR count). The van der Waals surface area contributed by atoms with Crippen LogP contribution in [0.5, 0.6) is 0 Å². The molecule has 0 amide bonds. The number of rotatable bonds is 2. The van der Waals surface area contributed by atoms with Gasteiger partial charge in [-0.25, -0.2) is 4.39 Å². The van der Waals surface area contributed by atoms with Crippen LogP contribution in [0.1, 0.15) is 5.56 Å². The van der Waals surface area contributed by atoms with Gasteiger partial charge in [0.15, 0.2) is 0 Å². The molecule has 2 aromatic rings. The molecule has 2 nitrogen and oxygen atoms in total. The molecule has 0 saturated heterocycles. The third-order valence-corrected chi connectivity index (χ3v) is 2.41. The van der Waals surface area contributed by atoms with Crippen LogP contribution in [0, 0.1) is 12.7 Å². The third-order valence-electron chi connectivity index (χ3n) is 2.41. The van der Waals surface area contributed by atoms with Crippen LogP contribution in [0.4, 0.5) is 21.5 Å². The Balaban J connectivity index is 2.28. The Hall–Kier alpha value is -2.03. The Bertz CT molecular complexity index is 509. The summed E-state index contributed by atoms with van der Waals surface area (Å²) in [5.74, 6) is -0.223. The van der Waals surface area contributed by atoms with Gasteiger partial charge in [-0.3, -0.25) is 0 Å². The molecule has 0 aliphatic heterocycles. The third kappa shape index (κ3) is 2.14. The lowest BCUT2D eigenvalue weighted by Gasteiger charge is -2.09. The molecule has 82 valence electrons. The van der Waals surface area contributed by atoms with Gasteiger partial charge in [-0.2, -0.15) is 0 Å². The number of halogens is 1. The molecule has 0 fully saturated rings. The first-order chi connectivity index (χ1) is 7.66. The Morgan fingerprint density at radius 3 is 2.56 bits per heavy atom. The van der Waals surface area contributed by atoms with Gasteiger partial charge in [0.05, 0.1) is 11.4 Å². The Morgan fingerprint density at radius 1 is 1.12 bits per heavy atom. The fourth-order valence-electron chi connectivity index (χ4n) is 1.44. The number of hydrogen-bond acceptors (Lipinski definition) is 2. The highest BCUT2D eigenvalue weighted by atomic mass is 19.1. The van der Waals surface area contributed by atoms with E-state index in [0.717, 1.165) is 5.69 Å². The van der Waals surface area contributed by atoms with Crippen LogP contribution in [-0.4, -0.2) is 0 Å². The average Bonchev–Trinajstić information content (AvgIpc) is 2.27. The highest BCUT2D eigenvalue weighted by Gasteiger charge is 2.01. The lowest BCUT2D eigenvalue weighted by atomic mass is 10.2. The second kappa shape index (κ2) is 4.23. The largest absolute Gasteiger partial charge is 0.397 e. The highest BCUT2D eigenvalue weighted by molar-refractivity contribution is 5.72. The number of para-hydroxylation sites is 2. The predicted octanol–water partition coefficient (Wildman–Crippen LogP) is 3.46. The first kappa shape index (κ1) is 10.5. The molecule has 0 saturated carbocycles. The molecule has 0 aliphatic rings. The summed E-state index contributed by atoms with van der Waals surface area (Å²) >= 11 is 0. The van der Waals surface area contributed by atoms with E-state index < -0.39 is 0 Å². The van der Waals surface area contributed by atoms with Crippen LogP contribution >= 0.6 is 0 Å². The van der Waals surface area contributed by atoms with Crippen molar-refractivity contribution in [3.8, 4) is 0 Å². The predicted molar refractivity (Wildman–Crippen MR) is 65.3 cm³/mol. The van der Waals surface area contributed by atoms with E-state index in [1.54, 1.807) is 19.1 Å². The van der Waals surface area contributed by atoms with Gasteiger partial charge in [0, 0.05) is 5.69 Å². The van der Waals surface area contributed by atoms with E-state index in [9.17, 15) is 4.39 Å². The smallest absolute Gasteiger partial charge is 0.128 e. The molecule has 0 spiro atoms. The molecule has 0 heterocycles. The molecule has 0 aromatic heterocycles. The van der Waals surface area contributed by atoms with Crippen molar-refractivity contribution in [1.82, 2.24) is 0 Å². The lowest BCUT2D eigenvalue weighted by molar-refractivity contribution is 0.619. The molecule has 2 aromatic carbocycles. The van der Waals surface area contributed by atoms with Crippen molar-refractivity contribution in [2.24, 2.45) is 0 Å². The molecule has 16 heavy (non-hydrogen) atoms. The molecular formula is C13H13FN2. The summed E-state index contributed by atoms with van der Waals surface area (Å²) in [7, 11) is 0. The fourth-order valence-corrected chi connectivity index (χ4v) is 1.44. The highest BCUT2D eigenvalue weighted by Crippen LogP contribution is 2.23. The first-order valence-corrected chi connectivity index (χ1v) is 5.04. The van der Waals surface area contributed by atoms with Crippen molar-refractivity contribution in [2.45, 2.75) is 6.92 Å². The summed E-state index contributed by atoms with van der Waals surface area (Å²) < 4.78 is 13.3. The minimum Gasteiger partial charge on any atom is -0.397 e. The van der Waals surface area contributed by atoms with Crippen LogP contribution < -0.4 is 11.1 Å². The Kier molecular flexibility index (Phi) is 2.77. The summed E-state index contributed by atoms with van der Waals surface area (Å²) in [6.45, 7) is 1.73.